The van der Waals surface area contributed by atoms with Crippen LogP contribution in [-0.4, -0.2) is 24.2 Å². The van der Waals surface area contributed by atoms with Gasteiger partial charge >= 0.3 is 0 Å². The molecule has 2 N–H and O–H groups in total. The first-order chi connectivity index (χ1) is 9.28. The predicted octanol–water partition coefficient (Wildman–Crippen LogP) is 3.83. The molecule has 0 radical (unpaired) electrons. The number of anilines is 1. The lowest BCUT2D eigenvalue weighted by Crippen LogP contribution is -2.55. The van der Waals surface area contributed by atoms with Crippen molar-refractivity contribution in [2.24, 2.45) is 5.73 Å². The monoisotopic (exact) mass is 296 g/mol. The molecule has 0 atom stereocenters. The van der Waals surface area contributed by atoms with Gasteiger partial charge in [-0.2, -0.15) is 0 Å². The van der Waals surface area contributed by atoms with Crippen molar-refractivity contribution in [1.29, 1.82) is 0 Å². The van der Waals surface area contributed by atoms with E-state index < -0.39 is 0 Å². The second-order valence-electron chi connectivity index (χ2n) is 6.45. The minimum atomic E-state index is -0.260. The third-order valence-corrected chi connectivity index (χ3v) is 4.19. The van der Waals surface area contributed by atoms with Crippen molar-refractivity contribution < 1.29 is 4.74 Å². The molecule has 0 fully saturated rings. The van der Waals surface area contributed by atoms with Gasteiger partial charge in [-0.1, -0.05) is 25.4 Å². The van der Waals surface area contributed by atoms with Gasteiger partial charge in [0, 0.05) is 17.1 Å². The molecule has 0 aromatic heterocycles. The molecule has 0 amide bonds. The maximum atomic E-state index is 6.28. The summed E-state index contributed by atoms with van der Waals surface area (Å²) in [5.41, 5.74) is 6.87. The molecule has 112 valence electrons. The molecule has 0 spiro atoms. The van der Waals surface area contributed by atoms with Crippen LogP contribution < -0.4 is 15.4 Å². The Labute approximate surface area is 127 Å². The Bertz CT molecular complexity index is 478. The van der Waals surface area contributed by atoms with Crippen LogP contribution in [0.4, 0.5) is 5.69 Å². The summed E-state index contributed by atoms with van der Waals surface area (Å²) in [6, 6.07) is 5.82. The highest BCUT2D eigenvalue weighted by Gasteiger charge is 2.38. The minimum absolute atomic E-state index is 0.133. The predicted molar refractivity (Wildman–Crippen MR) is 85.9 cm³/mol. The number of halogens is 1. The van der Waals surface area contributed by atoms with Crippen LogP contribution in [0, 0.1) is 0 Å². The van der Waals surface area contributed by atoms with E-state index in [2.05, 4.69) is 18.7 Å². The lowest BCUT2D eigenvalue weighted by Gasteiger charge is -2.46. The van der Waals surface area contributed by atoms with Crippen molar-refractivity contribution >= 4 is 17.3 Å². The number of hydrogen-bond acceptors (Lipinski definition) is 3. The average Bonchev–Trinajstić information content (AvgIpc) is 2.37. The van der Waals surface area contributed by atoms with Crippen LogP contribution in [0.2, 0.25) is 5.02 Å². The number of benzene rings is 1. The van der Waals surface area contributed by atoms with Gasteiger partial charge in [-0.25, -0.2) is 0 Å². The van der Waals surface area contributed by atoms with Gasteiger partial charge in [0.05, 0.1) is 12.2 Å². The molecule has 1 heterocycles. The fraction of sp³-hybridized carbons (Fsp3) is 0.625. The standard InChI is InChI=1S/C16H25ClN2O/c1-5-16(6-2)11-19(10-15(3,4)18)13-9-12(17)7-8-14(13)20-16/h7-9H,5-6,10-11,18H2,1-4H3. The van der Waals surface area contributed by atoms with Crippen LogP contribution in [0.15, 0.2) is 18.2 Å². The molecule has 1 aliphatic rings. The molecular formula is C16H25ClN2O. The molecular weight excluding hydrogens is 272 g/mol. The number of nitrogens with zero attached hydrogens (tertiary/aromatic N) is 1. The van der Waals surface area contributed by atoms with E-state index in [9.17, 15) is 0 Å². The maximum absolute atomic E-state index is 6.28. The third kappa shape index (κ3) is 3.21. The molecule has 2 rings (SSSR count). The molecule has 1 aromatic rings. The summed E-state index contributed by atoms with van der Waals surface area (Å²) in [5, 5.41) is 0.729. The zero-order valence-electron chi connectivity index (χ0n) is 12.9. The molecule has 4 heteroatoms. The van der Waals surface area contributed by atoms with Crippen LogP contribution in [0.1, 0.15) is 40.5 Å². The van der Waals surface area contributed by atoms with Crippen molar-refractivity contribution in [3.63, 3.8) is 0 Å². The first kappa shape index (κ1) is 15.5. The van der Waals surface area contributed by atoms with Crippen molar-refractivity contribution in [1.82, 2.24) is 0 Å². The molecule has 0 aliphatic carbocycles. The molecule has 20 heavy (non-hydrogen) atoms. The highest BCUT2D eigenvalue weighted by atomic mass is 35.5. The van der Waals surface area contributed by atoms with E-state index in [0.717, 1.165) is 42.4 Å². The van der Waals surface area contributed by atoms with Gasteiger partial charge in [-0.05, 0) is 44.9 Å². The lowest BCUT2D eigenvalue weighted by atomic mass is 9.92. The molecule has 0 unspecified atom stereocenters. The Kier molecular flexibility index (Phi) is 4.22. The first-order valence-electron chi connectivity index (χ1n) is 7.31. The molecule has 0 bridgehead atoms. The fourth-order valence-electron chi connectivity index (χ4n) is 2.77. The Morgan fingerprint density at radius 2 is 2.00 bits per heavy atom. The van der Waals surface area contributed by atoms with Gasteiger partial charge in [-0.3, -0.25) is 0 Å². The van der Waals surface area contributed by atoms with Gasteiger partial charge in [0.2, 0.25) is 0 Å². The number of nitrogens with two attached hydrogens (primary N) is 1. The van der Waals surface area contributed by atoms with Gasteiger partial charge in [0.1, 0.15) is 11.4 Å². The number of fused-ring (bicyclic) bond motifs is 1. The zero-order chi connectivity index (χ0) is 15.0. The van der Waals surface area contributed by atoms with Crippen LogP contribution in [0.5, 0.6) is 5.75 Å². The summed E-state index contributed by atoms with van der Waals surface area (Å²) >= 11 is 6.14. The highest BCUT2D eigenvalue weighted by Crippen LogP contribution is 2.41. The van der Waals surface area contributed by atoms with Gasteiger partial charge in [-0.15, -0.1) is 0 Å². The maximum Gasteiger partial charge on any atom is 0.143 e. The second kappa shape index (κ2) is 5.45. The zero-order valence-corrected chi connectivity index (χ0v) is 13.6. The van der Waals surface area contributed by atoms with Gasteiger partial charge in [0.25, 0.3) is 0 Å². The van der Waals surface area contributed by atoms with E-state index in [4.69, 9.17) is 22.1 Å². The normalized spacial score (nSPS) is 17.6. The second-order valence-corrected chi connectivity index (χ2v) is 6.89. The topological polar surface area (TPSA) is 38.5 Å². The van der Waals surface area contributed by atoms with Crippen molar-refractivity contribution in [3.05, 3.63) is 23.2 Å². The molecule has 0 saturated heterocycles. The quantitative estimate of drug-likeness (QED) is 0.917. The SMILES string of the molecule is CCC1(CC)CN(CC(C)(C)N)c2cc(Cl)ccc2O1. The Balaban J connectivity index is 2.42. The van der Waals surface area contributed by atoms with Crippen LogP contribution in [-0.2, 0) is 0 Å². The minimum Gasteiger partial charge on any atom is -0.483 e. The third-order valence-electron chi connectivity index (χ3n) is 3.95. The molecule has 1 aliphatic heterocycles. The average molecular weight is 297 g/mol. The number of rotatable bonds is 4. The summed E-state index contributed by atoms with van der Waals surface area (Å²) < 4.78 is 6.28. The van der Waals surface area contributed by atoms with E-state index >= 15 is 0 Å². The van der Waals surface area contributed by atoms with E-state index in [-0.39, 0.29) is 11.1 Å². The summed E-state index contributed by atoms with van der Waals surface area (Å²) in [7, 11) is 0. The van der Waals surface area contributed by atoms with E-state index in [0.29, 0.717) is 0 Å². The highest BCUT2D eigenvalue weighted by molar-refractivity contribution is 6.31. The van der Waals surface area contributed by atoms with Crippen LogP contribution in [0.25, 0.3) is 0 Å². The van der Waals surface area contributed by atoms with Crippen LogP contribution in [0.3, 0.4) is 0 Å². The van der Waals surface area contributed by atoms with E-state index in [1.807, 2.05) is 32.0 Å². The molecule has 1 aromatic carbocycles. The van der Waals surface area contributed by atoms with E-state index in [1.165, 1.54) is 0 Å². The first-order valence-corrected chi connectivity index (χ1v) is 7.69. The number of hydrogen-bond donors (Lipinski definition) is 1. The fourth-order valence-corrected chi connectivity index (χ4v) is 2.94. The Morgan fingerprint density at radius 1 is 1.35 bits per heavy atom. The van der Waals surface area contributed by atoms with Gasteiger partial charge < -0.3 is 15.4 Å². The van der Waals surface area contributed by atoms with Crippen molar-refractivity contribution in [2.45, 2.75) is 51.7 Å². The summed E-state index contributed by atoms with van der Waals surface area (Å²) in [6.07, 6.45) is 1.96. The Hall–Kier alpha value is -0.930. The number of ether oxygens (including phenoxy) is 1. The smallest absolute Gasteiger partial charge is 0.143 e. The van der Waals surface area contributed by atoms with Crippen molar-refractivity contribution in [2.75, 3.05) is 18.0 Å². The summed E-state index contributed by atoms with van der Waals surface area (Å²) in [6.45, 7) is 10.1. The molecule has 0 saturated carbocycles. The van der Waals surface area contributed by atoms with E-state index in [1.54, 1.807) is 0 Å². The summed E-state index contributed by atoms with van der Waals surface area (Å²) in [5.74, 6) is 0.911. The summed E-state index contributed by atoms with van der Waals surface area (Å²) in [4.78, 5) is 2.32. The van der Waals surface area contributed by atoms with Gasteiger partial charge in [0.15, 0.2) is 0 Å². The van der Waals surface area contributed by atoms with Crippen molar-refractivity contribution in [3.8, 4) is 5.75 Å². The lowest BCUT2D eigenvalue weighted by molar-refractivity contribution is 0.0565. The Morgan fingerprint density at radius 3 is 2.55 bits per heavy atom. The van der Waals surface area contributed by atoms with Crippen LogP contribution >= 0.6 is 11.6 Å². The largest absolute Gasteiger partial charge is 0.483 e. The molecule has 3 nitrogen and oxygen atoms in total.